The van der Waals surface area contributed by atoms with Gasteiger partial charge in [0.15, 0.2) is 0 Å². The molecule has 1 saturated heterocycles. The van der Waals surface area contributed by atoms with Crippen molar-refractivity contribution in [1.82, 2.24) is 5.32 Å². The molecule has 1 aliphatic heterocycles. The Labute approximate surface area is 218 Å². The second kappa shape index (κ2) is 13.2. The predicted octanol–water partition coefficient (Wildman–Crippen LogP) is 2.81. The van der Waals surface area contributed by atoms with Crippen LogP contribution in [-0.2, 0) is 11.2 Å². The summed E-state index contributed by atoms with van der Waals surface area (Å²) in [5, 5.41) is 43.6. The van der Waals surface area contributed by atoms with Gasteiger partial charge in [0.1, 0.15) is 35.6 Å². The first-order valence-corrected chi connectivity index (χ1v) is 13.8. The zero-order chi connectivity index (χ0) is 26.3. The van der Waals surface area contributed by atoms with Crippen LogP contribution in [0.2, 0.25) is 0 Å². The fourth-order valence-corrected chi connectivity index (χ4v) is 4.84. The van der Waals surface area contributed by atoms with Crippen molar-refractivity contribution in [2.75, 3.05) is 32.6 Å². The summed E-state index contributed by atoms with van der Waals surface area (Å²) >= 11 is 1.31. The number of ether oxygens (including phenoxy) is 2. The zero-order valence-electron chi connectivity index (χ0n) is 21.7. The molecule has 200 valence electrons. The van der Waals surface area contributed by atoms with Crippen molar-refractivity contribution in [3.63, 3.8) is 0 Å². The van der Waals surface area contributed by atoms with Gasteiger partial charge in [-0.25, -0.2) is 0 Å². The third kappa shape index (κ3) is 7.68. The molecular formula is C28H41NO6S. The molecule has 0 bridgehead atoms. The number of thioether (sulfide) groups is 1. The molecular weight excluding hydrogens is 478 g/mol. The number of nitrogens with one attached hydrogen (secondary N) is 1. The SMILES string of the molecule is CS[C@H]1OC(c2ccc(C)c(Cc3ccc(OCCCNCC(C)(C)CO)cc3)c2)[C@H](O)[C@@H](O)[C@@H]1O. The lowest BCUT2D eigenvalue weighted by atomic mass is 9.91. The van der Waals surface area contributed by atoms with Gasteiger partial charge in [0.2, 0.25) is 0 Å². The van der Waals surface area contributed by atoms with Crippen molar-refractivity contribution in [2.45, 2.75) is 63.5 Å². The maximum atomic E-state index is 10.5. The highest BCUT2D eigenvalue weighted by Gasteiger charge is 2.44. The van der Waals surface area contributed by atoms with E-state index in [1.165, 1.54) is 11.8 Å². The minimum absolute atomic E-state index is 0.113. The average molecular weight is 520 g/mol. The molecule has 1 heterocycles. The molecule has 0 radical (unpaired) electrons. The molecule has 0 aliphatic carbocycles. The van der Waals surface area contributed by atoms with Crippen molar-refractivity contribution >= 4 is 11.8 Å². The Kier molecular flexibility index (Phi) is 10.6. The van der Waals surface area contributed by atoms with Crippen LogP contribution in [0.3, 0.4) is 0 Å². The number of benzene rings is 2. The van der Waals surface area contributed by atoms with Gasteiger partial charge in [0, 0.05) is 18.6 Å². The molecule has 1 fully saturated rings. The lowest BCUT2D eigenvalue weighted by Crippen LogP contribution is -2.52. The Morgan fingerprint density at radius 1 is 1.03 bits per heavy atom. The van der Waals surface area contributed by atoms with Gasteiger partial charge in [-0.1, -0.05) is 44.2 Å². The molecule has 1 unspecified atom stereocenters. The molecule has 2 aromatic rings. The smallest absolute Gasteiger partial charge is 0.132 e. The molecule has 5 N–H and O–H groups in total. The van der Waals surface area contributed by atoms with Crippen LogP contribution < -0.4 is 10.1 Å². The van der Waals surface area contributed by atoms with Gasteiger partial charge in [-0.2, -0.15) is 0 Å². The van der Waals surface area contributed by atoms with Gasteiger partial charge in [-0.15, -0.1) is 11.8 Å². The second-order valence-electron chi connectivity index (χ2n) is 10.3. The maximum Gasteiger partial charge on any atom is 0.132 e. The van der Waals surface area contributed by atoms with E-state index in [1.807, 2.05) is 51.1 Å². The Balaban J connectivity index is 1.56. The molecule has 0 spiro atoms. The van der Waals surface area contributed by atoms with Crippen molar-refractivity contribution < 1.29 is 29.9 Å². The molecule has 7 nitrogen and oxygen atoms in total. The van der Waals surface area contributed by atoms with E-state index in [4.69, 9.17) is 9.47 Å². The van der Waals surface area contributed by atoms with Crippen molar-refractivity contribution in [3.05, 3.63) is 64.7 Å². The van der Waals surface area contributed by atoms with Gasteiger partial charge in [0.25, 0.3) is 0 Å². The number of aliphatic hydroxyl groups excluding tert-OH is 4. The molecule has 1 aliphatic rings. The number of rotatable bonds is 12. The van der Waals surface area contributed by atoms with Crippen LogP contribution >= 0.6 is 11.8 Å². The standard InChI is InChI=1S/C28H41NO6S/c1-18-6-9-20(26-24(32)23(31)25(33)27(35-26)36-4)15-21(18)14-19-7-10-22(11-8-19)34-13-5-12-29-16-28(2,3)17-30/h6-11,15,23-27,29-33H,5,12-14,16-17H2,1-4H3/t23-,24-,25+,26?,27-/m1/s1. The first kappa shape index (κ1) is 28.9. The van der Waals surface area contributed by atoms with Crippen LogP contribution in [0.15, 0.2) is 42.5 Å². The minimum atomic E-state index is -1.26. The first-order chi connectivity index (χ1) is 17.1. The van der Waals surface area contributed by atoms with Gasteiger partial charge in [0.05, 0.1) is 6.61 Å². The largest absolute Gasteiger partial charge is 0.494 e. The van der Waals surface area contributed by atoms with Crippen molar-refractivity contribution in [2.24, 2.45) is 5.41 Å². The summed E-state index contributed by atoms with van der Waals surface area (Å²) in [7, 11) is 0. The summed E-state index contributed by atoms with van der Waals surface area (Å²) in [6.07, 6.45) is -0.905. The molecule has 3 rings (SSSR count). The second-order valence-corrected chi connectivity index (χ2v) is 11.3. The zero-order valence-corrected chi connectivity index (χ0v) is 22.5. The third-order valence-corrected chi connectivity index (χ3v) is 7.47. The molecule has 2 aromatic carbocycles. The topological polar surface area (TPSA) is 111 Å². The summed E-state index contributed by atoms with van der Waals surface area (Å²) in [5.74, 6) is 0.828. The van der Waals surface area contributed by atoms with Crippen LogP contribution in [0.25, 0.3) is 0 Å². The van der Waals surface area contributed by atoms with Gasteiger partial charge in [-0.3, -0.25) is 0 Å². The number of aryl methyl sites for hydroxylation is 1. The van der Waals surface area contributed by atoms with Crippen LogP contribution in [-0.4, -0.2) is 76.7 Å². The molecule has 0 aromatic heterocycles. The van der Waals surface area contributed by atoms with E-state index < -0.39 is 29.9 Å². The van der Waals surface area contributed by atoms with Gasteiger partial charge < -0.3 is 35.2 Å². The summed E-state index contributed by atoms with van der Waals surface area (Å²) in [6.45, 7) is 8.49. The lowest BCUT2D eigenvalue weighted by Gasteiger charge is -2.40. The third-order valence-electron chi connectivity index (χ3n) is 6.62. The van der Waals surface area contributed by atoms with Crippen LogP contribution in [0, 0.1) is 12.3 Å². The van der Waals surface area contributed by atoms with Crippen LogP contribution in [0.5, 0.6) is 5.75 Å². The minimum Gasteiger partial charge on any atom is -0.494 e. The van der Waals surface area contributed by atoms with E-state index in [-0.39, 0.29) is 12.0 Å². The van der Waals surface area contributed by atoms with Crippen molar-refractivity contribution in [1.29, 1.82) is 0 Å². The highest BCUT2D eigenvalue weighted by atomic mass is 32.2. The maximum absolute atomic E-state index is 10.5. The molecule has 8 heteroatoms. The fraction of sp³-hybridized carbons (Fsp3) is 0.571. The highest BCUT2D eigenvalue weighted by molar-refractivity contribution is 7.99. The summed E-state index contributed by atoms with van der Waals surface area (Å²) < 4.78 is 11.8. The van der Waals surface area contributed by atoms with E-state index in [0.717, 1.165) is 47.5 Å². The van der Waals surface area contributed by atoms with E-state index >= 15 is 0 Å². The molecule has 5 atom stereocenters. The molecule has 36 heavy (non-hydrogen) atoms. The Morgan fingerprint density at radius 2 is 1.75 bits per heavy atom. The average Bonchev–Trinajstić information content (AvgIpc) is 2.87. The summed E-state index contributed by atoms with van der Waals surface area (Å²) in [4.78, 5) is 0. The first-order valence-electron chi connectivity index (χ1n) is 12.5. The Morgan fingerprint density at radius 3 is 2.42 bits per heavy atom. The van der Waals surface area contributed by atoms with Gasteiger partial charge >= 0.3 is 0 Å². The van der Waals surface area contributed by atoms with E-state index in [0.29, 0.717) is 13.0 Å². The predicted molar refractivity (Wildman–Crippen MR) is 143 cm³/mol. The van der Waals surface area contributed by atoms with Crippen LogP contribution in [0.4, 0.5) is 0 Å². The number of hydrogen-bond acceptors (Lipinski definition) is 8. The van der Waals surface area contributed by atoms with E-state index in [2.05, 4.69) is 17.4 Å². The van der Waals surface area contributed by atoms with Crippen molar-refractivity contribution in [3.8, 4) is 5.75 Å². The number of hydrogen-bond donors (Lipinski definition) is 5. The number of aliphatic hydroxyl groups is 4. The van der Waals surface area contributed by atoms with E-state index in [1.54, 1.807) is 6.26 Å². The van der Waals surface area contributed by atoms with Gasteiger partial charge in [-0.05, 0) is 67.0 Å². The summed E-state index contributed by atoms with van der Waals surface area (Å²) in [5.41, 5.74) is 3.44. The quantitative estimate of drug-likeness (QED) is 0.272. The Bertz CT molecular complexity index is 952. The van der Waals surface area contributed by atoms with E-state index in [9.17, 15) is 20.4 Å². The lowest BCUT2D eigenvalue weighted by molar-refractivity contribution is -0.200. The fourth-order valence-electron chi connectivity index (χ4n) is 4.17. The summed E-state index contributed by atoms with van der Waals surface area (Å²) in [6, 6.07) is 14.0. The normalized spacial score (nSPS) is 24.6. The Hall–Kier alpha value is -1.65. The van der Waals surface area contributed by atoms with Crippen LogP contribution in [0.1, 0.15) is 48.6 Å². The molecule has 0 amide bonds. The highest BCUT2D eigenvalue weighted by Crippen LogP contribution is 2.36. The monoisotopic (exact) mass is 519 g/mol. The molecule has 0 saturated carbocycles.